The van der Waals surface area contributed by atoms with Gasteiger partial charge in [-0.25, -0.2) is 0 Å². The summed E-state index contributed by atoms with van der Waals surface area (Å²) in [7, 11) is 0. The molecule has 1 fully saturated rings. The topological polar surface area (TPSA) is 27.0 Å². The van der Waals surface area contributed by atoms with Crippen LogP contribution in [0.5, 0.6) is 0 Å². The second-order valence-corrected chi connectivity index (χ2v) is 6.08. The van der Waals surface area contributed by atoms with Crippen LogP contribution >= 0.6 is 15.9 Å². The van der Waals surface area contributed by atoms with Gasteiger partial charge in [-0.15, -0.1) is 0 Å². The molecule has 1 rings (SSSR count). The maximum atomic E-state index is 8.69. The molecule has 0 radical (unpaired) electrons. The molecule has 0 aromatic carbocycles. The molecular formula is C13H23BrN2. The van der Waals surface area contributed by atoms with Crippen molar-refractivity contribution in [1.82, 2.24) is 4.90 Å². The molecule has 1 aliphatic rings. The van der Waals surface area contributed by atoms with Gasteiger partial charge in [0.25, 0.3) is 0 Å². The van der Waals surface area contributed by atoms with Crippen molar-refractivity contribution in [3.05, 3.63) is 0 Å². The molecule has 0 atom stereocenters. The fraction of sp³-hybridized carbons (Fsp3) is 0.923. The van der Waals surface area contributed by atoms with Gasteiger partial charge in [0.05, 0.1) is 6.07 Å². The van der Waals surface area contributed by atoms with Crippen molar-refractivity contribution < 1.29 is 0 Å². The molecule has 0 amide bonds. The van der Waals surface area contributed by atoms with Crippen molar-refractivity contribution in [1.29, 1.82) is 5.26 Å². The summed E-state index contributed by atoms with van der Waals surface area (Å²) in [6.45, 7) is 7.72. The summed E-state index contributed by atoms with van der Waals surface area (Å²) < 4.78 is 0. The second kappa shape index (κ2) is 6.61. The molecule has 1 aliphatic carbocycles. The minimum atomic E-state index is 0.504. The average molecular weight is 287 g/mol. The fourth-order valence-corrected chi connectivity index (χ4v) is 3.18. The highest BCUT2D eigenvalue weighted by molar-refractivity contribution is 9.09. The number of halogens is 1. The highest BCUT2D eigenvalue weighted by atomic mass is 79.9. The molecule has 0 unspecified atom stereocenters. The molecule has 0 saturated heterocycles. The van der Waals surface area contributed by atoms with E-state index in [1.807, 2.05) is 0 Å². The van der Waals surface area contributed by atoms with Crippen LogP contribution in [-0.2, 0) is 0 Å². The van der Waals surface area contributed by atoms with Crippen LogP contribution in [0, 0.1) is 22.7 Å². The van der Waals surface area contributed by atoms with Gasteiger partial charge >= 0.3 is 0 Å². The van der Waals surface area contributed by atoms with Crippen LogP contribution in [0.1, 0.15) is 39.5 Å². The summed E-state index contributed by atoms with van der Waals surface area (Å²) >= 11 is 3.65. The maximum Gasteiger partial charge on any atom is 0.0635 e. The van der Waals surface area contributed by atoms with E-state index in [0.717, 1.165) is 25.0 Å². The van der Waals surface area contributed by atoms with Crippen LogP contribution in [0.15, 0.2) is 0 Å². The average Bonchev–Trinajstić information content (AvgIpc) is 2.19. The Bertz CT molecular complexity index is 235. The van der Waals surface area contributed by atoms with Gasteiger partial charge in [0, 0.05) is 31.4 Å². The molecule has 1 saturated carbocycles. The summed E-state index contributed by atoms with van der Waals surface area (Å²) in [5, 5.41) is 9.80. The summed E-state index contributed by atoms with van der Waals surface area (Å²) in [5.41, 5.74) is 0.504. The first kappa shape index (κ1) is 14.0. The highest BCUT2D eigenvalue weighted by Gasteiger charge is 2.37. The molecule has 3 heteroatoms. The van der Waals surface area contributed by atoms with Crippen molar-refractivity contribution >= 4 is 15.9 Å². The molecule has 16 heavy (non-hydrogen) atoms. The number of nitrogens with zero attached hydrogens (tertiary/aromatic N) is 2. The summed E-state index contributed by atoms with van der Waals surface area (Å²) in [6, 6.07) is 2.26. The van der Waals surface area contributed by atoms with E-state index in [0.29, 0.717) is 17.8 Å². The Balaban J connectivity index is 2.45. The van der Waals surface area contributed by atoms with E-state index in [-0.39, 0.29) is 0 Å². The zero-order valence-electron chi connectivity index (χ0n) is 10.5. The van der Waals surface area contributed by atoms with Gasteiger partial charge in [-0.1, -0.05) is 36.2 Å². The van der Waals surface area contributed by atoms with Gasteiger partial charge in [0.15, 0.2) is 0 Å². The predicted molar refractivity (Wildman–Crippen MR) is 71.6 cm³/mol. The van der Waals surface area contributed by atoms with Gasteiger partial charge < -0.3 is 4.90 Å². The van der Waals surface area contributed by atoms with Gasteiger partial charge in [-0.05, 0) is 24.2 Å². The number of rotatable bonds is 7. The Hall–Kier alpha value is -0.0700. The summed E-state index contributed by atoms with van der Waals surface area (Å²) in [6.07, 6.45) is 4.73. The van der Waals surface area contributed by atoms with E-state index < -0.39 is 0 Å². The minimum absolute atomic E-state index is 0.504. The van der Waals surface area contributed by atoms with E-state index in [4.69, 9.17) is 5.26 Å². The molecule has 92 valence electrons. The Morgan fingerprint density at radius 1 is 1.44 bits per heavy atom. The van der Waals surface area contributed by atoms with Gasteiger partial charge in [0.2, 0.25) is 0 Å². The number of hydrogen-bond donors (Lipinski definition) is 0. The quantitative estimate of drug-likeness (QED) is 0.671. The van der Waals surface area contributed by atoms with Crippen molar-refractivity contribution in [3.63, 3.8) is 0 Å². The molecular weight excluding hydrogens is 264 g/mol. The third-order valence-electron chi connectivity index (χ3n) is 3.42. The van der Waals surface area contributed by atoms with E-state index >= 15 is 0 Å². The van der Waals surface area contributed by atoms with Crippen molar-refractivity contribution in [2.45, 2.75) is 39.5 Å². The van der Waals surface area contributed by atoms with Gasteiger partial charge in [-0.2, -0.15) is 5.26 Å². The first-order valence-corrected chi connectivity index (χ1v) is 7.39. The van der Waals surface area contributed by atoms with Crippen molar-refractivity contribution in [2.24, 2.45) is 11.3 Å². The Kier molecular flexibility index (Phi) is 5.78. The van der Waals surface area contributed by atoms with Gasteiger partial charge in [0.1, 0.15) is 0 Å². The van der Waals surface area contributed by atoms with Crippen LogP contribution in [0.2, 0.25) is 0 Å². The standard InChI is InChI=1S/C13H23BrN2/c1-12(2)9-16(8-4-7-15)11-13(10-14)5-3-6-13/h12H,3-6,8-11H2,1-2H3. The molecule has 0 spiro atoms. The Morgan fingerprint density at radius 3 is 2.50 bits per heavy atom. The lowest BCUT2D eigenvalue weighted by Crippen LogP contribution is -2.45. The number of alkyl halides is 1. The lowest BCUT2D eigenvalue weighted by Gasteiger charge is -2.44. The van der Waals surface area contributed by atoms with Crippen LogP contribution < -0.4 is 0 Å². The van der Waals surface area contributed by atoms with Gasteiger partial charge in [-0.3, -0.25) is 0 Å². The molecule has 0 N–H and O–H groups in total. The van der Waals surface area contributed by atoms with Crippen molar-refractivity contribution in [2.75, 3.05) is 25.0 Å². The van der Waals surface area contributed by atoms with Crippen LogP contribution in [0.4, 0.5) is 0 Å². The molecule has 0 bridgehead atoms. The number of nitriles is 1. The van der Waals surface area contributed by atoms with E-state index in [2.05, 4.69) is 40.7 Å². The predicted octanol–water partition coefficient (Wildman–Crippen LogP) is 3.42. The molecule has 0 aliphatic heterocycles. The Morgan fingerprint density at radius 2 is 2.12 bits per heavy atom. The summed E-state index contributed by atoms with van der Waals surface area (Å²) in [4.78, 5) is 2.48. The lowest BCUT2D eigenvalue weighted by atomic mass is 9.70. The van der Waals surface area contributed by atoms with Crippen LogP contribution in [-0.4, -0.2) is 29.9 Å². The minimum Gasteiger partial charge on any atom is -0.301 e. The molecule has 0 heterocycles. The van der Waals surface area contributed by atoms with E-state index in [1.54, 1.807) is 0 Å². The SMILES string of the molecule is CC(C)CN(CCC#N)CC1(CBr)CCC1. The third-order valence-corrected chi connectivity index (χ3v) is 4.61. The molecule has 2 nitrogen and oxygen atoms in total. The van der Waals surface area contributed by atoms with E-state index in [1.165, 1.54) is 19.3 Å². The van der Waals surface area contributed by atoms with Crippen LogP contribution in [0.25, 0.3) is 0 Å². The first-order chi connectivity index (χ1) is 7.62. The first-order valence-electron chi connectivity index (χ1n) is 6.27. The Labute approximate surface area is 108 Å². The van der Waals surface area contributed by atoms with Crippen LogP contribution in [0.3, 0.4) is 0 Å². The third kappa shape index (κ3) is 4.07. The number of hydrogen-bond acceptors (Lipinski definition) is 2. The molecule has 0 aromatic heterocycles. The fourth-order valence-electron chi connectivity index (χ4n) is 2.44. The zero-order valence-corrected chi connectivity index (χ0v) is 12.1. The lowest BCUT2D eigenvalue weighted by molar-refractivity contribution is 0.0854. The zero-order chi connectivity index (χ0) is 12.0. The molecule has 0 aromatic rings. The largest absolute Gasteiger partial charge is 0.301 e. The highest BCUT2D eigenvalue weighted by Crippen LogP contribution is 2.43. The maximum absolute atomic E-state index is 8.69. The van der Waals surface area contributed by atoms with Crippen molar-refractivity contribution in [3.8, 4) is 6.07 Å². The summed E-state index contributed by atoms with van der Waals surface area (Å²) in [5.74, 6) is 0.686. The smallest absolute Gasteiger partial charge is 0.0635 e. The van der Waals surface area contributed by atoms with E-state index in [9.17, 15) is 0 Å². The second-order valence-electron chi connectivity index (χ2n) is 5.52. The monoisotopic (exact) mass is 286 g/mol. The normalized spacial score (nSPS) is 18.5.